The van der Waals surface area contributed by atoms with Crippen molar-refractivity contribution in [3.63, 3.8) is 0 Å². The molecule has 0 aromatic carbocycles. The smallest absolute Gasteiger partial charge is 0.218 e. The number of hydrogen-bond donors (Lipinski definition) is 0. The fourth-order valence-electron chi connectivity index (χ4n) is 0.283. The molecular formula is C4H7Br2F. The second-order valence-corrected chi connectivity index (χ2v) is 4.94. The quantitative estimate of drug-likeness (QED) is 0.643. The van der Waals surface area contributed by atoms with E-state index in [0.717, 1.165) is 6.42 Å². The third kappa shape index (κ3) is 6.89. The molecule has 0 heterocycles. The zero-order valence-corrected chi connectivity index (χ0v) is 7.22. The number of alkyl halides is 3. The minimum Gasteiger partial charge on any atom is -0.219 e. The average molecular weight is 234 g/mol. The van der Waals surface area contributed by atoms with Crippen LogP contribution in [0.25, 0.3) is 0 Å². The fourth-order valence-corrected chi connectivity index (χ4v) is 1.08. The van der Waals surface area contributed by atoms with E-state index in [4.69, 9.17) is 0 Å². The third-order valence-electron chi connectivity index (χ3n) is 0.533. The van der Waals surface area contributed by atoms with Gasteiger partial charge in [0.1, 0.15) is 0 Å². The van der Waals surface area contributed by atoms with Crippen molar-refractivity contribution in [2.24, 2.45) is 0 Å². The van der Waals surface area contributed by atoms with Crippen LogP contribution >= 0.6 is 31.9 Å². The summed E-state index contributed by atoms with van der Waals surface area (Å²) >= 11 is 5.58. The Bertz CT molecular complexity index is 48.1. The van der Waals surface area contributed by atoms with Crippen molar-refractivity contribution in [3.05, 3.63) is 0 Å². The van der Waals surface area contributed by atoms with Crippen LogP contribution < -0.4 is 0 Å². The van der Waals surface area contributed by atoms with Gasteiger partial charge in [0.2, 0.25) is 3.49 Å². The summed E-state index contributed by atoms with van der Waals surface area (Å²) in [6, 6.07) is 0. The van der Waals surface area contributed by atoms with Crippen LogP contribution in [0.3, 0.4) is 0 Å². The molecule has 0 aliphatic rings. The third-order valence-corrected chi connectivity index (χ3v) is 1.33. The van der Waals surface area contributed by atoms with Gasteiger partial charge in [0, 0.05) is 6.42 Å². The van der Waals surface area contributed by atoms with Crippen molar-refractivity contribution in [2.45, 2.75) is 23.3 Å². The molecular weight excluding hydrogens is 227 g/mol. The van der Waals surface area contributed by atoms with Crippen molar-refractivity contribution >= 4 is 31.9 Å². The zero-order chi connectivity index (χ0) is 5.91. The Kier molecular flexibility index (Phi) is 3.41. The molecule has 0 unspecified atom stereocenters. The van der Waals surface area contributed by atoms with E-state index in [1.165, 1.54) is 0 Å². The summed E-state index contributed by atoms with van der Waals surface area (Å²) < 4.78 is 10.9. The van der Waals surface area contributed by atoms with Crippen molar-refractivity contribution < 1.29 is 4.39 Å². The summed E-state index contributed by atoms with van der Waals surface area (Å²) in [5.74, 6) is 0. The predicted molar refractivity (Wildman–Crippen MR) is 36.6 cm³/mol. The molecule has 0 aromatic heterocycles. The highest BCUT2D eigenvalue weighted by atomic mass is 79.9. The van der Waals surface area contributed by atoms with Gasteiger partial charge in [-0.15, -0.1) is 0 Å². The molecule has 0 aliphatic carbocycles. The van der Waals surface area contributed by atoms with E-state index < -0.39 is 3.49 Å². The molecule has 0 rings (SSSR count). The first kappa shape index (κ1) is 7.89. The molecule has 0 fully saturated rings. The molecule has 0 aromatic rings. The van der Waals surface area contributed by atoms with E-state index in [1.807, 2.05) is 6.92 Å². The van der Waals surface area contributed by atoms with Gasteiger partial charge in [-0.25, -0.2) is 4.39 Å². The van der Waals surface area contributed by atoms with Crippen LogP contribution in [0.5, 0.6) is 0 Å². The maximum Gasteiger partial charge on any atom is 0.218 e. The topological polar surface area (TPSA) is 0 Å². The van der Waals surface area contributed by atoms with E-state index in [2.05, 4.69) is 31.9 Å². The van der Waals surface area contributed by atoms with Gasteiger partial charge < -0.3 is 0 Å². The van der Waals surface area contributed by atoms with Crippen molar-refractivity contribution in [1.29, 1.82) is 0 Å². The van der Waals surface area contributed by atoms with Crippen LogP contribution in [-0.2, 0) is 0 Å². The maximum atomic E-state index is 12.2. The normalized spacial score (nSPS) is 12.0. The van der Waals surface area contributed by atoms with Gasteiger partial charge in [0.25, 0.3) is 0 Å². The second kappa shape index (κ2) is 3.02. The largest absolute Gasteiger partial charge is 0.219 e. The van der Waals surface area contributed by atoms with Crippen LogP contribution in [0.1, 0.15) is 19.8 Å². The Labute approximate surface area is 59.7 Å². The molecule has 0 nitrogen and oxygen atoms in total. The predicted octanol–water partition coefficient (Wildman–Crippen LogP) is 3.20. The minimum absolute atomic E-state index is 0.507. The lowest BCUT2D eigenvalue weighted by atomic mass is 10.4. The van der Waals surface area contributed by atoms with Crippen LogP contribution in [-0.4, -0.2) is 3.49 Å². The van der Waals surface area contributed by atoms with Gasteiger partial charge in [-0.2, -0.15) is 0 Å². The number of rotatable bonds is 2. The number of halogens is 3. The molecule has 7 heavy (non-hydrogen) atoms. The first-order chi connectivity index (χ1) is 3.06. The van der Waals surface area contributed by atoms with E-state index in [0.29, 0.717) is 6.42 Å². The summed E-state index contributed by atoms with van der Waals surface area (Å²) in [6.45, 7) is 1.93. The summed E-state index contributed by atoms with van der Waals surface area (Å²) in [5.41, 5.74) is 0. The van der Waals surface area contributed by atoms with Crippen LogP contribution in [0.4, 0.5) is 4.39 Å². The Balaban J connectivity index is 3.15. The molecule has 0 radical (unpaired) electrons. The standard InChI is InChI=1S/C4H7Br2F/c1-2-3-4(5,6)7/h2-3H2,1H3. The molecule has 0 aliphatic heterocycles. The van der Waals surface area contributed by atoms with Crippen LogP contribution in [0.2, 0.25) is 0 Å². The van der Waals surface area contributed by atoms with E-state index in [-0.39, 0.29) is 0 Å². The maximum absolute atomic E-state index is 12.2. The molecule has 0 atom stereocenters. The fraction of sp³-hybridized carbons (Fsp3) is 1.00. The molecule has 44 valence electrons. The zero-order valence-electron chi connectivity index (χ0n) is 4.05. The monoisotopic (exact) mass is 232 g/mol. The molecule has 0 saturated heterocycles. The molecule has 0 amide bonds. The summed E-state index contributed by atoms with van der Waals surface area (Å²) in [6.07, 6.45) is 1.35. The molecule has 0 saturated carbocycles. The van der Waals surface area contributed by atoms with Crippen LogP contribution in [0.15, 0.2) is 0 Å². The van der Waals surface area contributed by atoms with E-state index in [9.17, 15) is 4.39 Å². The van der Waals surface area contributed by atoms with Crippen molar-refractivity contribution in [1.82, 2.24) is 0 Å². The Hall–Kier alpha value is 0.890. The van der Waals surface area contributed by atoms with Gasteiger partial charge in [0.15, 0.2) is 0 Å². The van der Waals surface area contributed by atoms with Gasteiger partial charge in [0.05, 0.1) is 0 Å². The Morgan fingerprint density at radius 1 is 1.57 bits per heavy atom. The van der Waals surface area contributed by atoms with Gasteiger partial charge in [-0.05, 0) is 31.9 Å². The minimum atomic E-state index is -1.32. The highest BCUT2D eigenvalue weighted by Crippen LogP contribution is 2.32. The molecule has 0 spiro atoms. The van der Waals surface area contributed by atoms with Crippen LogP contribution in [0, 0.1) is 0 Å². The molecule has 0 N–H and O–H groups in total. The molecule has 0 bridgehead atoms. The average Bonchev–Trinajstić information content (AvgIpc) is 1.30. The van der Waals surface area contributed by atoms with Crippen molar-refractivity contribution in [2.75, 3.05) is 0 Å². The lowest BCUT2D eigenvalue weighted by Crippen LogP contribution is -1.98. The Morgan fingerprint density at radius 3 is 2.00 bits per heavy atom. The Morgan fingerprint density at radius 2 is 2.00 bits per heavy atom. The first-order valence-corrected chi connectivity index (χ1v) is 3.71. The van der Waals surface area contributed by atoms with E-state index in [1.54, 1.807) is 0 Å². The summed E-state index contributed by atoms with van der Waals surface area (Å²) in [4.78, 5) is 0. The van der Waals surface area contributed by atoms with E-state index >= 15 is 0 Å². The second-order valence-electron chi connectivity index (χ2n) is 1.37. The number of hydrogen-bond acceptors (Lipinski definition) is 0. The lowest BCUT2D eigenvalue weighted by Gasteiger charge is -2.05. The highest BCUT2D eigenvalue weighted by molar-refractivity contribution is 9.25. The van der Waals surface area contributed by atoms with Gasteiger partial charge >= 0.3 is 0 Å². The summed E-state index contributed by atoms with van der Waals surface area (Å²) in [7, 11) is 0. The van der Waals surface area contributed by atoms with Gasteiger partial charge in [-0.3, -0.25) is 0 Å². The lowest BCUT2D eigenvalue weighted by molar-refractivity contribution is 0.404. The first-order valence-electron chi connectivity index (χ1n) is 2.13. The SMILES string of the molecule is CCCC(F)(Br)Br. The highest BCUT2D eigenvalue weighted by Gasteiger charge is 2.17. The summed E-state index contributed by atoms with van der Waals surface area (Å²) in [5, 5.41) is 0. The van der Waals surface area contributed by atoms with Gasteiger partial charge in [-0.1, -0.05) is 13.3 Å². The van der Waals surface area contributed by atoms with Crippen molar-refractivity contribution in [3.8, 4) is 0 Å². The molecule has 3 heteroatoms.